The molecule has 2 N–H and O–H groups in total. The molecular weight excluding hydrogens is 384 g/mol. The first-order valence-electron chi connectivity index (χ1n) is 10.4. The molecule has 0 aliphatic carbocycles. The van der Waals surface area contributed by atoms with Crippen LogP contribution in [0.15, 0.2) is 30.6 Å². The summed E-state index contributed by atoms with van der Waals surface area (Å²) in [5, 5.41) is 10.1. The van der Waals surface area contributed by atoms with Crippen molar-refractivity contribution in [1.29, 1.82) is 0 Å². The molecule has 1 saturated heterocycles. The van der Waals surface area contributed by atoms with E-state index < -0.39 is 0 Å². The standard InChI is InChI=1S/C21H28N6O3/c1-3-6-22-21(29)27-8-7-26-13-20(28)24-18-9-15(16-10-23-25(2)11-16)4-5-19(18)30-14-17(26)12-27/h4-5,9-11,17H,3,6-8,12-14H2,1-2H3,(H,22,29)(H,24,28)/t17-/m0/s1. The number of hydrogen-bond donors (Lipinski definition) is 2. The summed E-state index contributed by atoms with van der Waals surface area (Å²) in [4.78, 5) is 29.0. The number of anilines is 1. The Morgan fingerprint density at radius 1 is 1.33 bits per heavy atom. The van der Waals surface area contributed by atoms with Crippen molar-refractivity contribution in [2.75, 3.05) is 44.6 Å². The Balaban J connectivity index is 1.51. The first kappa shape index (κ1) is 20.2. The van der Waals surface area contributed by atoms with E-state index in [4.69, 9.17) is 4.74 Å². The Morgan fingerprint density at radius 2 is 2.20 bits per heavy atom. The number of carbonyl (C=O) groups excluding carboxylic acids is 2. The Labute approximate surface area is 176 Å². The van der Waals surface area contributed by atoms with Crippen LogP contribution in [0.3, 0.4) is 0 Å². The first-order valence-corrected chi connectivity index (χ1v) is 10.4. The minimum atomic E-state index is -0.0843. The summed E-state index contributed by atoms with van der Waals surface area (Å²) in [6.45, 7) is 5.14. The molecule has 1 aromatic heterocycles. The van der Waals surface area contributed by atoms with E-state index in [1.807, 2.05) is 43.3 Å². The van der Waals surface area contributed by atoms with E-state index >= 15 is 0 Å². The van der Waals surface area contributed by atoms with Gasteiger partial charge in [-0.2, -0.15) is 5.10 Å². The second kappa shape index (κ2) is 8.74. The molecule has 2 aliphatic rings. The van der Waals surface area contributed by atoms with Crippen molar-refractivity contribution in [3.63, 3.8) is 0 Å². The molecule has 30 heavy (non-hydrogen) atoms. The zero-order valence-electron chi connectivity index (χ0n) is 17.4. The van der Waals surface area contributed by atoms with Crippen LogP contribution in [-0.4, -0.2) is 76.9 Å². The third-order valence-corrected chi connectivity index (χ3v) is 5.49. The quantitative estimate of drug-likeness (QED) is 0.798. The third-order valence-electron chi connectivity index (χ3n) is 5.49. The molecule has 1 fully saturated rings. The van der Waals surface area contributed by atoms with Crippen LogP contribution >= 0.6 is 0 Å². The van der Waals surface area contributed by atoms with Crippen molar-refractivity contribution >= 4 is 17.6 Å². The van der Waals surface area contributed by atoms with Gasteiger partial charge >= 0.3 is 6.03 Å². The molecule has 1 atom stereocenters. The second-order valence-electron chi connectivity index (χ2n) is 7.78. The molecule has 3 amide bonds. The van der Waals surface area contributed by atoms with Gasteiger partial charge in [0.1, 0.15) is 12.4 Å². The molecule has 9 nitrogen and oxygen atoms in total. The highest BCUT2D eigenvalue weighted by atomic mass is 16.5. The lowest BCUT2D eigenvalue weighted by Gasteiger charge is -2.40. The number of aromatic nitrogens is 2. The van der Waals surface area contributed by atoms with Gasteiger partial charge in [0.25, 0.3) is 0 Å². The fraction of sp³-hybridized carbons (Fsp3) is 0.476. The van der Waals surface area contributed by atoms with Gasteiger partial charge in [0.05, 0.1) is 24.5 Å². The maximum Gasteiger partial charge on any atom is 0.317 e. The average Bonchev–Trinajstić information content (AvgIpc) is 3.19. The van der Waals surface area contributed by atoms with E-state index in [0.29, 0.717) is 44.2 Å². The Kier molecular flexibility index (Phi) is 5.89. The number of hydrogen-bond acceptors (Lipinski definition) is 5. The molecule has 2 aromatic rings. The van der Waals surface area contributed by atoms with E-state index in [1.165, 1.54) is 0 Å². The maximum atomic E-state index is 12.7. The van der Waals surface area contributed by atoms with Gasteiger partial charge < -0.3 is 20.3 Å². The van der Waals surface area contributed by atoms with Crippen LogP contribution in [0.25, 0.3) is 11.1 Å². The van der Waals surface area contributed by atoms with Gasteiger partial charge in [0.2, 0.25) is 5.91 Å². The van der Waals surface area contributed by atoms with Crippen molar-refractivity contribution in [3.8, 4) is 16.9 Å². The fourth-order valence-electron chi connectivity index (χ4n) is 3.85. The molecular formula is C21H28N6O3. The zero-order valence-corrected chi connectivity index (χ0v) is 17.4. The van der Waals surface area contributed by atoms with Crippen LogP contribution in [0.5, 0.6) is 5.75 Å². The number of urea groups is 1. The lowest BCUT2D eigenvalue weighted by molar-refractivity contribution is -0.118. The number of nitrogens with one attached hydrogen (secondary N) is 2. The van der Waals surface area contributed by atoms with Crippen LogP contribution in [0.1, 0.15) is 13.3 Å². The second-order valence-corrected chi connectivity index (χ2v) is 7.78. The van der Waals surface area contributed by atoms with Crippen molar-refractivity contribution in [2.45, 2.75) is 19.4 Å². The van der Waals surface area contributed by atoms with Gasteiger partial charge in [-0.1, -0.05) is 13.0 Å². The van der Waals surface area contributed by atoms with E-state index in [-0.39, 0.29) is 24.5 Å². The summed E-state index contributed by atoms with van der Waals surface area (Å²) in [5.41, 5.74) is 2.58. The van der Waals surface area contributed by atoms with Crippen molar-refractivity contribution in [3.05, 3.63) is 30.6 Å². The maximum absolute atomic E-state index is 12.7. The topological polar surface area (TPSA) is 91.7 Å². The molecule has 2 aliphatic heterocycles. The number of carbonyl (C=O) groups is 2. The predicted octanol–water partition coefficient (Wildman–Crippen LogP) is 1.52. The highest BCUT2D eigenvalue weighted by Crippen LogP contribution is 2.32. The first-order chi connectivity index (χ1) is 14.5. The molecule has 0 saturated carbocycles. The molecule has 4 rings (SSSR count). The zero-order chi connectivity index (χ0) is 21.1. The van der Waals surface area contributed by atoms with Crippen LogP contribution < -0.4 is 15.4 Å². The van der Waals surface area contributed by atoms with Gasteiger partial charge in [0.15, 0.2) is 0 Å². The van der Waals surface area contributed by atoms with Crippen LogP contribution in [0, 0.1) is 0 Å². The average molecular weight is 412 g/mol. The van der Waals surface area contributed by atoms with Gasteiger partial charge in [-0.3, -0.25) is 14.4 Å². The van der Waals surface area contributed by atoms with E-state index in [9.17, 15) is 9.59 Å². The van der Waals surface area contributed by atoms with Crippen LogP contribution in [-0.2, 0) is 11.8 Å². The fourth-order valence-corrected chi connectivity index (χ4v) is 3.85. The molecule has 0 radical (unpaired) electrons. The molecule has 0 bridgehead atoms. The number of nitrogens with zero attached hydrogens (tertiary/aromatic N) is 4. The monoisotopic (exact) mass is 412 g/mol. The molecule has 160 valence electrons. The Bertz CT molecular complexity index is 927. The van der Waals surface area contributed by atoms with Crippen molar-refractivity contribution < 1.29 is 14.3 Å². The number of ether oxygens (including phenoxy) is 1. The normalized spacial score (nSPS) is 19.5. The van der Waals surface area contributed by atoms with Gasteiger partial charge in [-0.25, -0.2) is 4.79 Å². The van der Waals surface area contributed by atoms with Gasteiger partial charge in [0, 0.05) is 45.0 Å². The van der Waals surface area contributed by atoms with Gasteiger partial charge in [-0.05, 0) is 24.1 Å². The molecule has 3 heterocycles. The number of benzene rings is 1. The van der Waals surface area contributed by atoms with Crippen LogP contribution in [0.2, 0.25) is 0 Å². The van der Waals surface area contributed by atoms with E-state index in [1.54, 1.807) is 10.9 Å². The Morgan fingerprint density at radius 3 is 2.97 bits per heavy atom. The summed E-state index contributed by atoms with van der Waals surface area (Å²) in [6, 6.07) is 5.66. The molecule has 0 spiro atoms. The highest BCUT2D eigenvalue weighted by Gasteiger charge is 2.32. The molecule has 9 heteroatoms. The number of rotatable bonds is 3. The largest absolute Gasteiger partial charge is 0.490 e. The van der Waals surface area contributed by atoms with Crippen LogP contribution in [0.4, 0.5) is 10.5 Å². The number of aryl methyl sites for hydroxylation is 1. The van der Waals surface area contributed by atoms with Crippen molar-refractivity contribution in [2.24, 2.45) is 7.05 Å². The predicted molar refractivity (Wildman–Crippen MR) is 113 cm³/mol. The third kappa shape index (κ3) is 4.40. The summed E-state index contributed by atoms with van der Waals surface area (Å²) in [6.07, 6.45) is 4.62. The Hall–Kier alpha value is -3.07. The SMILES string of the molecule is CCCNC(=O)N1CCN2CC(=O)Nc3cc(-c4cnn(C)c4)ccc3OC[C@@H]2C1. The number of fused-ring (bicyclic) bond motifs is 2. The number of piperazine rings is 1. The minimum absolute atomic E-state index is 0.0409. The summed E-state index contributed by atoms with van der Waals surface area (Å²) in [7, 11) is 1.87. The minimum Gasteiger partial charge on any atom is -0.490 e. The van der Waals surface area contributed by atoms with Crippen molar-refractivity contribution in [1.82, 2.24) is 24.9 Å². The summed E-state index contributed by atoms with van der Waals surface area (Å²) in [5.74, 6) is 0.546. The van der Waals surface area contributed by atoms with Gasteiger partial charge in [-0.15, -0.1) is 0 Å². The van der Waals surface area contributed by atoms with E-state index in [2.05, 4.69) is 20.6 Å². The number of amides is 3. The van der Waals surface area contributed by atoms with E-state index in [0.717, 1.165) is 17.5 Å². The summed E-state index contributed by atoms with van der Waals surface area (Å²) >= 11 is 0. The molecule has 0 unspecified atom stereocenters. The summed E-state index contributed by atoms with van der Waals surface area (Å²) < 4.78 is 7.84. The lowest BCUT2D eigenvalue weighted by atomic mass is 10.1. The molecule has 1 aromatic carbocycles. The smallest absolute Gasteiger partial charge is 0.317 e. The lowest BCUT2D eigenvalue weighted by Crippen LogP contribution is -2.59. The highest BCUT2D eigenvalue weighted by molar-refractivity contribution is 5.94.